The average molecular weight is 247 g/mol. The molecule has 0 aliphatic carbocycles. The Kier molecular flexibility index (Phi) is 5.11. The number of allylic oxidation sites excluding steroid dienone is 1. The van der Waals surface area contributed by atoms with Gasteiger partial charge in [-0.1, -0.05) is 18.2 Å². The van der Waals surface area contributed by atoms with E-state index in [1.165, 1.54) is 13.2 Å². The summed E-state index contributed by atoms with van der Waals surface area (Å²) in [5.74, 6) is -0.786. The summed E-state index contributed by atoms with van der Waals surface area (Å²) in [6.07, 6.45) is 2.86. The smallest absolute Gasteiger partial charge is 0.313 e. The van der Waals surface area contributed by atoms with Crippen LogP contribution in [-0.4, -0.2) is 33.0 Å². The van der Waals surface area contributed by atoms with Gasteiger partial charge in [-0.2, -0.15) is 0 Å². The van der Waals surface area contributed by atoms with Gasteiger partial charge >= 0.3 is 5.97 Å². The van der Waals surface area contributed by atoms with Crippen molar-refractivity contribution in [3.63, 3.8) is 0 Å². The van der Waals surface area contributed by atoms with Crippen LogP contribution < -0.4 is 4.90 Å². The molecule has 0 fully saturated rings. The molecular formula is C14H17NO3. The zero-order valence-electron chi connectivity index (χ0n) is 10.8. The van der Waals surface area contributed by atoms with Gasteiger partial charge in [0.15, 0.2) is 5.78 Å². The Bertz CT molecular complexity index is 447. The number of hydrogen-bond acceptors (Lipinski definition) is 4. The van der Waals surface area contributed by atoms with Crippen molar-refractivity contribution in [2.45, 2.75) is 6.42 Å². The molecule has 0 spiro atoms. The fraction of sp³-hybridized carbons (Fsp3) is 0.286. The fourth-order valence-corrected chi connectivity index (χ4v) is 1.35. The molecule has 0 N–H and O–H groups in total. The predicted molar refractivity (Wildman–Crippen MR) is 71.4 cm³/mol. The van der Waals surface area contributed by atoms with Gasteiger partial charge in [0, 0.05) is 19.8 Å². The Morgan fingerprint density at radius 2 is 1.83 bits per heavy atom. The highest BCUT2D eigenvalue weighted by Crippen LogP contribution is 2.13. The van der Waals surface area contributed by atoms with Crippen LogP contribution in [0.2, 0.25) is 0 Å². The molecule has 0 saturated heterocycles. The van der Waals surface area contributed by atoms with Crippen molar-refractivity contribution in [2.24, 2.45) is 0 Å². The first-order valence-electron chi connectivity index (χ1n) is 5.58. The Morgan fingerprint density at radius 1 is 1.22 bits per heavy atom. The van der Waals surface area contributed by atoms with E-state index in [2.05, 4.69) is 4.74 Å². The summed E-state index contributed by atoms with van der Waals surface area (Å²) in [6.45, 7) is 0. The molecule has 0 aromatic heterocycles. The van der Waals surface area contributed by atoms with Gasteiger partial charge in [-0.15, -0.1) is 0 Å². The van der Waals surface area contributed by atoms with Crippen LogP contribution in [0.3, 0.4) is 0 Å². The quantitative estimate of drug-likeness (QED) is 0.453. The maximum absolute atomic E-state index is 11.4. The van der Waals surface area contributed by atoms with Gasteiger partial charge in [-0.05, 0) is 23.8 Å². The predicted octanol–water partition coefficient (Wildman–Crippen LogP) is 1.90. The van der Waals surface area contributed by atoms with Crippen LogP contribution in [0, 0.1) is 0 Å². The Hall–Kier alpha value is -2.10. The Labute approximate surface area is 107 Å². The maximum atomic E-state index is 11.4. The van der Waals surface area contributed by atoms with Crippen molar-refractivity contribution in [1.82, 2.24) is 0 Å². The normalized spacial score (nSPS) is 10.4. The first kappa shape index (κ1) is 14.0. The van der Waals surface area contributed by atoms with Crippen molar-refractivity contribution in [3.05, 3.63) is 35.9 Å². The molecule has 0 amide bonds. The Balaban J connectivity index is 2.61. The minimum atomic E-state index is -0.521. The van der Waals surface area contributed by atoms with Crippen molar-refractivity contribution < 1.29 is 14.3 Å². The van der Waals surface area contributed by atoms with Crippen molar-refractivity contribution >= 4 is 23.5 Å². The molecule has 0 radical (unpaired) electrons. The number of anilines is 1. The number of ether oxygens (including phenoxy) is 1. The molecule has 0 heterocycles. The SMILES string of the molecule is COC(=O)CC(=O)C=Cc1ccc(N(C)C)cc1. The van der Waals surface area contributed by atoms with Crippen LogP contribution >= 0.6 is 0 Å². The highest BCUT2D eigenvalue weighted by atomic mass is 16.5. The summed E-state index contributed by atoms with van der Waals surface area (Å²) in [5, 5.41) is 0. The number of benzene rings is 1. The minimum Gasteiger partial charge on any atom is -0.469 e. The number of carbonyl (C=O) groups is 2. The topological polar surface area (TPSA) is 46.6 Å². The summed E-state index contributed by atoms with van der Waals surface area (Å²) in [5.41, 5.74) is 2.01. The molecule has 0 aliphatic rings. The van der Waals surface area contributed by atoms with E-state index >= 15 is 0 Å². The second kappa shape index (κ2) is 6.59. The third-order valence-corrected chi connectivity index (χ3v) is 2.42. The second-order valence-electron chi connectivity index (χ2n) is 4.04. The van der Waals surface area contributed by atoms with Gasteiger partial charge in [0.05, 0.1) is 7.11 Å². The van der Waals surface area contributed by atoms with Crippen LogP contribution in [0.15, 0.2) is 30.3 Å². The van der Waals surface area contributed by atoms with Gasteiger partial charge in [0.25, 0.3) is 0 Å². The van der Waals surface area contributed by atoms with Crippen LogP contribution in [0.1, 0.15) is 12.0 Å². The summed E-state index contributed by atoms with van der Waals surface area (Å²) in [6, 6.07) is 7.75. The molecule has 1 rings (SSSR count). The zero-order valence-corrected chi connectivity index (χ0v) is 10.8. The molecule has 0 unspecified atom stereocenters. The number of nitrogens with zero attached hydrogens (tertiary/aromatic N) is 1. The van der Waals surface area contributed by atoms with Gasteiger partial charge in [-0.3, -0.25) is 9.59 Å². The lowest BCUT2D eigenvalue weighted by Crippen LogP contribution is -2.08. The summed E-state index contributed by atoms with van der Waals surface area (Å²) in [4.78, 5) is 24.2. The number of methoxy groups -OCH3 is 1. The van der Waals surface area contributed by atoms with Gasteiger partial charge in [0.1, 0.15) is 6.42 Å². The van der Waals surface area contributed by atoms with Gasteiger partial charge in [-0.25, -0.2) is 0 Å². The summed E-state index contributed by atoms with van der Waals surface area (Å²) >= 11 is 0. The van der Waals surface area contributed by atoms with E-state index in [9.17, 15) is 9.59 Å². The molecule has 0 bridgehead atoms. The summed E-state index contributed by atoms with van der Waals surface area (Å²) < 4.78 is 4.42. The van der Waals surface area contributed by atoms with Crippen molar-refractivity contribution in [2.75, 3.05) is 26.1 Å². The highest BCUT2D eigenvalue weighted by Gasteiger charge is 2.05. The largest absolute Gasteiger partial charge is 0.469 e. The minimum absolute atomic E-state index is 0.219. The Morgan fingerprint density at radius 3 is 2.33 bits per heavy atom. The molecule has 4 nitrogen and oxygen atoms in total. The van der Waals surface area contributed by atoms with Crippen LogP contribution in [0.4, 0.5) is 5.69 Å². The monoisotopic (exact) mass is 247 g/mol. The van der Waals surface area contributed by atoms with E-state index in [1.807, 2.05) is 43.3 Å². The standard InChI is InChI=1S/C14H17NO3/c1-15(2)12-7-4-11(5-8-12)6-9-13(16)10-14(17)18-3/h4-9H,10H2,1-3H3. The zero-order chi connectivity index (χ0) is 13.5. The van der Waals surface area contributed by atoms with Crippen molar-refractivity contribution in [1.29, 1.82) is 0 Å². The first-order chi connectivity index (χ1) is 8.52. The van der Waals surface area contributed by atoms with E-state index in [1.54, 1.807) is 6.08 Å². The summed E-state index contributed by atoms with van der Waals surface area (Å²) in [7, 11) is 5.19. The molecule has 1 aromatic rings. The molecule has 18 heavy (non-hydrogen) atoms. The lowest BCUT2D eigenvalue weighted by atomic mass is 10.1. The molecule has 96 valence electrons. The lowest BCUT2D eigenvalue weighted by Gasteiger charge is -2.11. The third kappa shape index (κ3) is 4.41. The molecule has 4 heteroatoms. The third-order valence-electron chi connectivity index (χ3n) is 2.42. The number of carbonyl (C=O) groups excluding carboxylic acids is 2. The first-order valence-corrected chi connectivity index (χ1v) is 5.58. The molecular weight excluding hydrogens is 230 g/mol. The fourth-order valence-electron chi connectivity index (χ4n) is 1.35. The lowest BCUT2D eigenvalue weighted by molar-refractivity contribution is -0.142. The molecule has 0 saturated carbocycles. The molecule has 1 aromatic carbocycles. The van der Waals surface area contributed by atoms with Gasteiger partial charge in [0.2, 0.25) is 0 Å². The van der Waals surface area contributed by atoms with Crippen LogP contribution in [0.5, 0.6) is 0 Å². The number of esters is 1. The number of hydrogen-bond donors (Lipinski definition) is 0. The average Bonchev–Trinajstić information content (AvgIpc) is 2.36. The van der Waals surface area contributed by atoms with E-state index in [-0.39, 0.29) is 12.2 Å². The second-order valence-corrected chi connectivity index (χ2v) is 4.04. The van der Waals surface area contributed by atoms with Crippen molar-refractivity contribution in [3.8, 4) is 0 Å². The van der Waals surface area contributed by atoms with Gasteiger partial charge < -0.3 is 9.64 Å². The maximum Gasteiger partial charge on any atom is 0.313 e. The van der Waals surface area contributed by atoms with E-state index in [0.29, 0.717) is 0 Å². The molecule has 0 atom stereocenters. The highest BCUT2D eigenvalue weighted by molar-refractivity contribution is 6.03. The van der Waals surface area contributed by atoms with Crippen LogP contribution in [0.25, 0.3) is 6.08 Å². The van der Waals surface area contributed by atoms with E-state index in [0.717, 1.165) is 11.3 Å². The number of ketones is 1. The molecule has 0 aliphatic heterocycles. The van der Waals surface area contributed by atoms with E-state index in [4.69, 9.17) is 0 Å². The van der Waals surface area contributed by atoms with E-state index < -0.39 is 5.97 Å². The van der Waals surface area contributed by atoms with Crippen LogP contribution in [-0.2, 0) is 14.3 Å². The number of rotatable bonds is 5.